The summed E-state index contributed by atoms with van der Waals surface area (Å²) in [5.41, 5.74) is 10.5. The van der Waals surface area contributed by atoms with E-state index in [-0.39, 0.29) is 13.2 Å². The van der Waals surface area contributed by atoms with E-state index in [2.05, 4.69) is 10.0 Å². The first-order valence-electron chi connectivity index (χ1n) is 6.62. The van der Waals surface area contributed by atoms with Crippen LogP contribution in [0.4, 0.5) is 21.0 Å². The number of carbonyl (C=O) groups is 2. The Morgan fingerprint density at radius 2 is 2.23 bits per heavy atom. The van der Waals surface area contributed by atoms with Gasteiger partial charge in [-0.2, -0.15) is 0 Å². The molecule has 0 bridgehead atoms. The summed E-state index contributed by atoms with van der Waals surface area (Å²) in [5, 5.41) is 3.42. The minimum Gasteiger partial charge on any atom is -0.444 e. The second-order valence-corrected chi connectivity index (χ2v) is 4.96. The number of anilines is 2. The van der Waals surface area contributed by atoms with Gasteiger partial charge in [-0.1, -0.05) is 5.11 Å². The van der Waals surface area contributed by atoms with Crippen molar-refractivity contribution in [3.63, 3.8) is 0 Å². The number of benzene rings is 1. The number of hydrogen-bond donors (Lipinski definition) is 0. The first kappa shape index (κ1) is 14.0. The van der Waals surface area contributed by atoms with E-state index in [4.69, 9.17) is 15.0 Å². The van der Waals surface area contributed by atoms with Crippen LogP contribution in [0.1, 0.15) is 5.56 Å². The molecule has 2 amide bonds. The number of carbonyl (C=O) groups excluding carboxylic acids is 2. The van der Waals surface area contributed by atoms with Crippen molar-refractivity contribution in [2.24, 2.45) is 5.11 Å². The Kier molecular flexibility index (Phi) is 3.48. The summed E-state index contributed by atoms with van der Waals surface area (Å²) in [6.07, 6.45) is -1.35. The van der Waals surface area contributed by atoms with Gasteiger partial charge in [0, 0.05) is 23.2 Å². The molecule has 0 saturated carbocycles. The van der Waals surface area contributed by atoms with E-state index >= 15 is 0 Å². The molecule has 0 radical (unpaired) electrons. The summed E-state index contributed by atoms with van der Waals surface area (Å²) >= 11 is 0. The number of fused-ring (bicyclic) bond motifs is 1. The molecule has 0 N–H and O–H groups in total. The lowest BCUT2D eigenvalue weighted by Gasteiger charge is -2.26. The van der Waals surface area contributed by atoms with Gasteiger partial charge in [0.15, 0.2) is 0 Å². The van der Waals surface area contributed by atoms with Crippen molar-refractivity contribution in [1.29, 1.82) is 0 Å². The zero-order chi connectivity index (χ0) is 15.7. The fourth-order valence-corrected chi connectivity index (χ4v) is 2.47. The molecule has 2 heterocycles. The molecule has 3 rings (SSSR count). The van der Waals surface area contributed by atoms with Crippen molar-refractivity contribution >= 4 is 23.6 Å². The number of cyclic esters (lactones) is 2. The van der Waals surface area contributed by atoms with Crippen LogP contribution in [0.25, 0.3) is 10.4 Å². The number of rotatable bonds is 3. The van der Waals surface area contributed by atoms with Crippen LogP contribution in [0.3, 0.4) is 0 Å². The fraction of sp³-hybridized carbons (Fsp3) is 0.385. The minimum absolute atomic E-state index is 0.101. The standard InChI is InChI=1S/C13H13N5O4/c1-17-11-3-2-9(4-8(11)7-21-12(17)19)18-6-10(5-15-16-14)22-13(18)20/h2-4,10H,5-7H2,1H3/t10-/m0/s1. The minimum atomic E-state index is -0.487. The SMILES string of the molecule is CN1C(=O)OCc2cc(N3C[C@H](CN=[N+]=[N-])OC3=O)ccc21. The van der Waals surface area contributed by atoms with Crippen LogP contribution in [0.2, 0.25) is 0 Å². The van der Waals surface area contributed by atoms with Crippen molar-refractivity contribution in [2.75, 3.05) is 29.9 Å². The molecule has 9 heteroatoms. The molecular formula is C13H13N5O4. The molecule has 9 nitrogen and oxygen atoms in total. The van der Waals surface area contributed by atoms with Crippen molar-refractivity contribution in [2.45, 2.75) is 12.7 Å². The van der Waals surface area contributed by atoms with E-state index in [1.165, 1.54) is 9.80 Å². The molecule has 114 valence electrons. The highest BCUT2D eigenvalue weighted by molar-refractivity contribution is 5.93. The number of azide groups is 1. The lowest BCUT2D eigenvalue weighted by molar-refractivity contribution is 0.143. The summed E-state index contributed by atoms with van der Waals surface area (Å²) in [5.74, 6) is 0. The summed E-state index contributed by atoms with van der Waals surface area (Å²) in [6, 6.07) is 5.29. The Morgan fingerprint density at radius 1 is 1.41 bits per heavy atom. The average molecular weight is 303 g/mol. The molecule has 0 spiro atoms. The molecule has 2 aliphatic heterocycles. The van der Waals surface area contributed by atoms with Crippen molar-refractivity contribution in [3.05, 3.63) is 34.2 Å². The summed E-state index contributed by atoms with van der Waals surface area (Å²) in [6.45, 7) is 0.577. The molecule has 0 unspecified atom stereocenters. The third-order valence-electron chi connectivity index (χ3n) is 3.58. The van der Waals surface area contributed by atoms with Crippen LogP contribution in [0.15, 0.2) is 23.3 Å². The van der Waals surface area contributed by atoms with Gasteiger partial charge in [-0.15, -0.1) is 0 Å². The molecule has 0 aliphatic carbocycles. The van der Waals surface area contributed by atoms with Crippen LogP contribution in [0.5, 0.6) is 0 Å². The van der Waals surface area contributed by atoms with Gasteiger partial charge in [0.1, 0.15) is 12.7 Å². The monoisotopic (exact) mass is 303 g/mol. The first-order valence-corrected chi connectivity index (χ1v) is 6.62. The maximum atomic E-state index is 11.9. The van der Waals surface area contributed by atoms with Gasteiger partial charge in [0.2, 0.25) is 0 Å². The van der Waals surface area contributed by atoms with Crippen LogP contribution in [-0.4, -0.2) is 38.4 Å². The van der Waals surface area contributed by atoms with E-state index in [9.17, 15) is 9.59 Å². The maximum Gasteiger partial charge on any atom is 0.414 e. The molecule has 1 saturated heterocycles. The summed E-state index contributed by atoms with van der Waals surface area (Å²) in [7, 11) is 1.63. The highest BCUT2D eigenvalue weighted by Gasteiger charge is 2.33. The van der Waals surface area contributed by atoms with Gasteiger partial charge in [0.05, 0.1) is 18.8 Å². The van der Waals surface area contributed by atoms with Crippen LogP contribution < -0.4 is 9.80 Å². The van der Waals surface area contributed by atoms with Crippen LogP contribution >= 0.6 is 0 Å². The highest BCUT2D eigenvalue weighted by atomic mass is 16.6. The Hall–Kier alpha value is -2.93. The number of ether oxygens (including phenoxy) is 2. The van der Waals surface area contributed by atoms with Crippen molar-refractivity contribution < 1.29 is 19.1 Å². The zero-order valence-electron chi connectivity index (χ0n) is 11.8. The maximum absolute atomic E-state index is 11.9. The second-order valence-electron chi connectivity index (χ2n) is 4.96. The van der Waals surface area contributed by atoms with E-state index in [0.717, 1.165) is 11.3 Å². The van der Waals surface area contributed by atoms with Gasteiger partial charge in [-0.25, -0.2) is 9.59 Å². The van der Waals surface area contributed by atoms with Crippen molar-refractivity contribution in [1.82, 2.24) is 0 Å². The molecular weight excluding hydrogens is 290 g/mol. The largest absolute Gasteiger partial charge is 0.444 e. The fourth-order valence-electron chi connectivity index (χ4n) is 2.47. The Bertz CT molecular complexity index is 685. The molecule has 1 aromatic rings. The zero-order valence-corrected chi connectivity index (χ0v) is 11.8. The van der Waals surface area contributed by atoms with E-state index in [1.54, 1.807) is 25.2 Å². The lowest BCUT2D eigenvalue weighted by Crippen LogP contribution is -2.32. The third-order valence-corrected chi connectivity index (χ3v) is 3.58. The topological polar surface area (TPSA) is 108 Å². The van der Waals surface area contributed by atoms with E-state index < -0.39 is 18.3 Å². The number of amides is 2. The van der Waals surface area contributed by atoms with Gasteiger partial charge in [0.25, 0.3) is 0 Å². The van der Waals surface area contributed by atoms with Gasteiger partial charge < -0.3 is 9.47 Å². The molecule has 1 aromatic carbocycles. The molecule has 22 heavy (non-hydrogen) atoms. The highest BCUT2D eigenvalue weighted by Crippen LogP contribution is 2.31. The first-order chi connectivity index (χ1) is 10.6. The molecule has 0 aromatic heterocycles. The average Bonchev–Trinajstić information content (AvgIpc) is 2.89. The molecule has 1 fully saturated rings. The second kappa shape index (κ2) is 5.45. The summed E-state index contributed by atoms with van der Waals surface area (Å²) < 4.78 is 10.2. The molecule has 2 aliphatic rings. The molecule has 1 atom stereocenters. The predicted octanol–water partition coefficient (Wildman–Crippen LogP) is 2.41. The summed E-state index contributed by atoms with van der Waals surface area (Å²) in [4.78, 5) is 28.9. The Morgan fingerprint density at radius 3 is 3.00 bits per heavy atom. The quantitative estimate of drug-likeness (QED) is 0.485. The normalized spacial score (nSPS) is 20.1. The lowest BCUT2D eigenvalue weighted by atomic mass is 10.1. The van der Waals surface area contributed by atoms with Crippen molar-refractivity contribution in [3.8, 4) is 0 Å². The van der Waals surface area contributed by atoms with Crippen LogP contribution in [0, 0.1) is 0 Å². The number of hydrogen-bond acceptors (Lipinski definition) is 5. The Balaban J connectivity index is 1.83. The van der Waals surface area contributed by atoms with Crippen LogP contribution in [-0.2, 0) is 16.1 Å². The third kappa shape index (κ3) is 2.38. The van der Waals surface area contributed by atoms with E-state index in [0.29, 0.717) is 12.2 Å². The number of nitrogens with zero attached hydrogens (tertiary/aromatic N) is 5. The smallest absolute Gasteiger partial charge is 0.414 e. The predicted molar refractivity (Wildman–Crippen MR) is 76.7 cm³/mol. The Labute approximate surface area is 125 Å². The van der Waals surface area contributed by atoms with Gasteiger partial charge in [-0.05, 0) is 23.7 Å². The van der Waals surface area contributed by atoms with Gasteiger partial charge in [-0.3, -0.25) is 9.80 Å². The van der Waals surface area contributed by atoms with E-state index in [1.807, 2.05) is 0 Å². The van der Waals surface area contributed by atoms with Gasteiger partial charge >= 0.3 is 12.2 Å².